The zero-order chi connectivity index (χ0) is 27.8. The predicted octanol–water partition coefficient (Wildman–Crippen LogP) is 6.27. The second-order valence-corrected chi connectivity index (χ2v) is 7.89. The number of nitrogens with zero attached hydrogens (tertiary/aromatic N) is 2. The third-order valence-electron chi connectivity index (χ3n) is 4.75. The Morgan fingerprint density at radius 3 is 2.28 bits per heavy atom. The SMILES string of the molecule is C/C=C(\C)C(=O)Nc1ccc(OC)cc1C(=O)Nc1ccc(Cl)cn1.C=CC(C)C(=N)N(C)C.CC. The third-order valence-corrected chi connectivity index (χ3v) is 4.97. The van der Waals surface area contributed by atoms with Gasteiger partial charge in [-0.15, -0.1) is 6.58 Å². The molecule has 3 N–H and O–H groups in total. The first-order valence-corrected chi connectivity index (χ1v) is 11.8. The van der Waals surface area contributed by atoms with Crippen LogP contribution in [-0.4, -0.2) is 48.7 Å². The molecular formula is C27H38ClN5O3. The molecule has 0 aliphatic heterocycles. The summed E-state index contributed by atoms with van der Waals surface area (Å²) in [5.74, 6) is 0.896. The van der Waals surface area contributed by atoms with Crippen molar-refractivity contribution in [1.82, 2.24) is 9.88 Å². The number of amidine groups is 1. The van der Waals surface area contributed by atoms with Crippen molar-refractivity contribution in [3.8, 4) is 5.75 Å². The highest BCUT2D eigenvalue weighted by molar-refractivity contribution is 6.30. The molecule has 36 heavy (non-hydrogen) atoms. The van der Waals surface area contributed by atoms with Gasteiger partial charge in [-0.1, -0.05) is 44.5 Å². The number of hydrogen-bond acceptors (Lipinski definition) is 5. The van der Waals surface area contributed by atoms with Crippen LogP contribution in [0, 0.1) is 11.3 Å². The number of hydrogen-bond donors (Lipinski definition) is 3. The molecule has 0 radical (unpaired) electrons. The number of rotatable bonds is 7. The van der Waals surface area contributed by atoms with Crippen molar-refractivity contribution in [1.29, 1.82) is 5.41 Å². The molecule has 0 saturated carbocycles. The Hall–Kier alpha value is -3.65. The number of carbonyl (C=O) groups excluding carboxylic acids is 2. The molecular weight excluding hydrogens is 478 g/mol. The fourth-order valence-corrected chi connectivity index (χ4v) is 2.56. The summed E-state index contributed by atoms with van der Waals surface area (Å²) in [5.41, 5.74) is 1.17. The van der Waals surface area contributed by atoms with Crippen LogP contribution in [0.4, 0.5) is 11.5 Å². The van der Waals surface area contributed by atoms with Gasteiger partial charge in [0.15, 0.2) is 0 Å². The molecule has 2 rings (SSSR count). The molecule has 1 aromatic carbocycles. The Labute approximate surface area is 219 Å². The van der Waals surface area contributed by atoms with Crippen LogP contribution in [0.15, 0.2) is 60.8 Å². The highest BCUT2D eigenvalue weighted by atomic mass is 35.5. The lowest BCUT2D eigenvalue weighted by Crippen LogP contribution is -2.25. The van der Waals surface area contributed by atoms with Crippen LogP contribution in [0.25, 0.3) is 0 Å². The van der Waals surface area contributed by atoms with Crippen LogP contribution in [-0.2, 0) is 4.79 Å². The standard InChI is InChI=1S/C18H18ClN3O3.C7H14N2.C2H6/c1-4-11(2)17(23)21-15-7-6-13(25-3)9-14(15)18(24)22-16-8-5-12(19)10-20-16;1-5-6(2)7(8)9(3)4;1-2/h4-10H,1-3H3,(H,21,23)(H,20,22,24);5-6,8H,1H2,2-4H3;1-2H3/b11-4+;;. The van der Waals surface area contributed by atoms with E-state index < -0.39 is 5.91 Å². The van der Waals surface area contributed by atoms with Crippen molar-refractivity contribution >= 4 is 40.8 Å². The van der Waals surface area contributed by atoms with E-state index in [9.17, 15) is 9.59 Å². The van der Waals surface area contributed by atoms with Crippen molar-refractivity contribution in [3.05, 3.63) is 71.4 Å². The Morgan fingerprint density at radius 2 is 1.83 bits per heavy atom. The van der Waals surface area contributed by atoms with Gasteiger partial charge in [0.2, 0.25) is 0 Å². The fraction of sp³-hybridized carbons (Fsp3) is 0.333. The molecule has 0 saturated heterocycles. The number of halogens is 1. The van der Waals surface area contributed by atoms with E-state index in [0.717, 1.165) is 0 Å². The second kappa shape index (κ2) is 16.9. The number of aromatic nitrogens is 1. The summed E-state index contributed by atoms with van der Waals surface area (Å²) in [5, 5.41) is 13.3. The Bertz CT molecular complexity index is 1050. The topological polar surface area (TPSA) is 107 Å². The van der Waals surface area contributed by atoms with Gasteiger partial charge in [-0.25, -0.2) is 4.98 Å². The van der Waals surface area contributed by atoms with Crippen LogP contribution >= 0.6 is 11.6 Å². The van der Waals surface area contributed by atoms with Crippen molar-refractivity contribution in [2.45, 2.75) is 34.6 Å². The number of allylic oxidation sites excluding steroid dienone is 1. The monoisotopic (exact) mass is 515 g/mol. The van der Waals surface area contributed by atoms with E-state index in [0.29, 0.717) is 33.7 Å². The highest BCUT2D eigenvalue weighted by Crippen LogP contribution is 2.24. The molecule has 0 bridgehead atoms. The summed E-state index contributed by atoms with van der Waals surface area (Å²) in [6, 6.07) is 8.03. The first kappa shape index (κ1) is 32.4. The van der Waals surface area contributed by atoms with Gasteiger partial charge in [0, 0.05) is 31.8 Å². The average molecular weight is 516 g/mol. The summed E-state index contributed by atoms with van der Waals surface area (Å²) < 4.78 is 5.16. The van der Waals surface area contributed by atoms with E-state index in [1.54, 1.807) is 61.2 Å². The van der Waals surface area contributed by atoms with E-state index in [-0.39, 0.29) is 17.4 Å². The Kier molecular flexibility index (Phi) is 15.2. The minimum atomic E-state index is -0.429. The second-order valence-electron chi connectivity index (χ2n) is 7.46. The normalized spacial score (nSPS) is 10.9. The average Bonchev–Trinajstić information content (AvgIpc) is 2.90. The quantitative estimate of drug-likeness (QED) is 0.174. The molecule has 1 unspecified atom stereocenters. The van der Waals surface area contributed by atoms with E-state index >= 15 is 0 Å². The van der Waals surface area contributed by atoms with Crippen molar-refractivity contribution in [3.63, 3.8) is 0 Å². The molecule has 9 heteroatoms. The summed E-state index contributed by atoms with van der Waals surface area (Å²) in [4.78, 5) is 30.5. The summed E-state index contributed by atoms with van der Waals surface area (Å²) in [7, 11) is 5.23. The van der Waals surface area contributed by atoms with E-state index in [1.807, 2.05) is 34.9 Å². The molecule has 1 atom stereocenters. The number of ether oxygens (including phenoxy) is 1. The Balaban J connectivity index is 0.000000941. The van der Waals surface area contributed by atoms with Crippen LogP contribution in [0.5, 0.6) is 5.75 Å². The molecule has 196 valence electrons. The van der Waals surface area contributed by atoms with Crippen molar-refractivity contribution in [2.75, 3.05) is 31.8 Å². The molecule has 1 aromatic heterocycles. The first-order chi connectivity index (χ1) is 17.0. The molecule has 1 heterocycles. The number of nitrogens with one attached hydrogen (secondary N) is 3. The summed E-state index contributed by atoms with van der Waals surface area (Å²) >= 11 is 5.79. The zero-order valence-electron chi connectivity index (χ0n) is 22.4. The van der Waals surface area contributed by atoms with E-state index in [1.165, 1.54) is 13.3 Å². The van der Waals surface area contributed by atoms with Crippen molar-refractivity contribution in [2.24, 2.45) is 5.92 Å². The number of benzene rings is 1. The largest absolute Gasteiger partial charge is 0.497 e. The van der Waals surface area contributed by atoms with Crippen LogP contribution in [0.1, 0.15) is 45.0 Å². The van der Waals surface area contributed by atoms with Gasteiger partial charge in [-0.3, -0.25) is 15.0 Å². The van der Waals surface area contributed by atoms with Crippen molar-refractivity contribution < 1.29 is 14.3 Å². The van der Waals surface area contributed by atoms with Gasteiger partial charge in [-0.2, -0.15) is 0 Å². The number of anilines is 2. The number of methoxy groups -OCH3 is 1. The fourth-order valence-electron chi connectivity index (χ4n) is 2.45. The van der Waals surface area contributed by atoms with Crippen LogP contribution in [0.2, 0.25) is 5.02 Å². The van der Waals surface area contributed by atoms with Crippen LogP contribution in [0.3, 0.4) is 0 Å². The maximum atomic E-state index is 12.6. The lowest BCUT2D eigenvalue weighted by molar-refractivity contribution is -0.112. The van der Waals surface area contributed by atoms with Gasteiger partial charge in [0.25, 0.3) is 11.8 Å². The van der Waals surface area contributed by atoms with E-state index in [4.69, 9.17) is 21.7 Å². The summed E-state index contributed by atoms with van der Waals surface area (Å²) in [6.45, 7) is 13.0. The Morgan fingerprint density at radius 1 is 1.19 bits per heavy atom. The molecule has 2 aromatic rings. The first-order valence-electron chi connectivity index (χ1n) is 11.5. The van der Waals surface area contributed by atoms with Gasteiger partial charge in [0.1, 0.15) is 17.4 Å². The van der Waals surface area contributed by atoms with Crippen LogP contribution < -0.4 is 15.4 Å². The molecule has 0 aliphatic carbocycles. The lowest BCUT2D eigenvalue weighted by Gasteiger charge is -2.16. The van der Waals surface area contributed by atoms with Gasteiger partial charge in [-0.05, 0) is 44.2 Å². The van der Waals surface area contributed by atoms with Gasteiger partial charge >= 0.3 is 0 Å². The molecule has 2 amide bonds. The number of pyridine rings is 1. The molecule has 0 aliphatic rings. The number of carbonyl (C=O) groups is 2. The minimum absolute atomic E-state index is 0.167. The number of amides is 2. The molecule has 0 fully saturated rings. The maximum Gasteiger partial charge on any atom is 0.259 e. The maximum absolute atomic E-state index is 12.6. The molecule has 8 nitrogen and oxygen atoms in total. The molecule has 0 spiro atoms. The zero-order valence-corrected chi connectivity index (χ0v) is 23.2. The smallest absolute Gasteiger partial charge is 0.259 e. The third kappa shape index (κ3) is 10.7. The van der Waals surface area contributed by atoms with Gasteiger partial charge in [0.05, 0.1) is 23.4 Å². The highest BCUT2D eigenvalue weighted by Gasteiger charge is 2.16. The lowest BCUT2D eigenvalue weighted by atomic mass is 10.1. The predicted molar refractivity (Wildman–Crippen MR) is 150 cm³/mol. The van der Waals surface area contributed by atoms with Gasteiger partial charge < -0.3 is 20.3 Å². The summed E-state index contributed by atoms with van der Waals surface area (Å²) in [6.07, 6.45) is 4.89. The van der Waals surface area contributed by atoms with E-state index in [2.05, 4.69) is 22.2 Å². The minimum Gasteiger partial charge on any atom is -0.497 e.